The molecule has 0 bridgehead atoms. The minimum Gasteiger partial charge on any atom is -0.384 e. The topological polar surface area (TPSA) is 89.2 Å². The molecule has 1 unspecified atom stereocenters. The number of hydrogen-bond donors (Lipinski definition) is 1. The molecule has 2 aromatic rings. The minimum absolute atomic E-state index is 0.111. The smallest absolute Gasteiger partial charge is 0.260 e. The van der Waals surface area contributed by atoms with Gasteiger partial charge in [-0.05, 0) is 41.3 Å². The van der Waals surface area contributed by atoms with E-state index in [4.69, 9.17) is 0 Å². The molecule has 5 rings (SSSR count). The van der Waals surface area contributed by atoms with Crippen molar-refractivity contribution in [2.24, 2.45) is 14.1 Å². The van der Waals surface area contributed by atoms with Gasteiger partial charge in [0, 0.05) is 51.1 Å². The SMILES string of the molecule is Cn1ccc(CN2C=C3C=C(CS(C)(=O)=O)c4ccn(C)c(=O)c4C4=C3C2CCN4)n1. The van der Waals surface area contributed by atoms with E-state index in [0.717, 1.165) is 35.5 Å². The highest BCUT2D eigenvalue weighted by Crippen LogP contribution is 2.42. The molecule has 2 aromatic heterocycles. The molecular weight excluding hydrogens is 414 g/mol. The molecule has 1 atom stereocenters. The largest absolute Gasteiger partial charge is 0.384 e. The predicted octanol–water partition coefficient (Wildman–Crippen LogP) is 1.03. The lowest BCUT2D eigenvalue weighted by Gasteiger charge is -2.32. The Hall–Kier alpha value is -3.07. The monoisotopic (exact) mass is 439 g/mol. The Labute approximate surface area is 181 Å². The summed E-state index contributed by atoms with van der Waals surface area (Å²) in [4.78, 5) is 15.5. The Balaban J connectivity index is 1.70. The van der Waals surface area contributed by atoms with Crippen LogP contribution in [-0.2, 0) is 30.5 Å². The van der Waals surface area contributed by atoms with Crippen LogP contribution >= 0.6 is 0 Å². The van der Waals surface area contributed by atoms with Crippen molar-refractivity contribution < 1.29 is 8.42 Å². The van der Waals surface area contributed by atoms with Crippen molar-refractivity contribution in [3.8, 4) is 0 Å². The summed E-state index contributed by atoms with van der Waals surface area (Å²) in [6, 6.07) is 3.96. The molecule has 9 heteroatoms. The van der Waals surface area contributed by atoms with Gasteiger partial charge in [-0.3, -0.25) is 9.48 Å². The summed E-state index contributed by atoms with van der Waals surface area (Å²) < 4.78 is 27.7. The molecule has 2 aliphatic heterocycles. The maximum atomic E-state index is 13.2. The molecular formula is C22H25N5O3S. The lowest BCUT2D eigenvalue weighted by atomic mass is 9.92. The zero-order chi connectivity index (χ0) is 21.9. The third kappa shape index (κ3) is 3.42. The summed E-state index contributed by atoms with van der Waals surface area (Å²) in [5.41, 5.74) is 5.58. The lowest BCUT2D eigenvalue weighted by Crippen LogP contribution is -2.38. The van der Waals surface area contributed by atoms with Crippen molar-refractivity contribution in [2.75, 3.05) is 18.6 Å². The lowest BCUT2D eigenvalue weighted by molar-refractivity contribution is 0.297. The molecule has 0 saturated heterocycles. The molecule has 4 heterocycles. The fraction of sp³-hybridized carbons (Fsp3) is 0.364. The van der Waals surface area contributed by atoms with Crippen molar-refractivity contribution in [3.05, 3.63) is 75.1 Å². The Bertz CT molecular complexity index is 1340. The van der Waals surface area contributed by atoms with E-state index >= 15 is 0 Å². The first-order valence-corrected chi connectivity index (χ1v) is 12.3. The van der Waals surface area contributed by atoms with Crippen LogP contribution in [0, 0.1) is 0 Å². The number of nitrogens with zero attached hydrogens (tertiary/aromatic N) is 4. The number of rotatable bonds is 4. The van der Waals surface area contributed by atoms with Crippen molar-refractivity contribution in [1.29, 1.82) is 0 Å². The second-order valence-corrected chi connectivity index (χ2v) is 10.7. The highest BCUT2D eigenvalue weighted by molar-refractivity contribution is 7.91. The summed E-state index contributed by atoms with van der Waals surface area (Å²) >= 11 is 0. The van der Waals surface area contributed by atoms with Crippen molar-refractivity contribution in [3.63, 3.8) is 0 Å². The van der Waals surface area contributed by atoms with Crippen LogP contribution in [0.15, 0.2) is 52.7 Å². The second kappa shape index (κ2) is 6.98. The maximum absolute atomic E-state index is 13.2. The second-order valence-electron chi connectivity index (χ2n) is 8.52. The summed E-state index contributed by atoms with van der Waals surface area (Å²) in [5, 5.41) is 7.96. The summed E-state index contributed by atoms with van der Waals surface area (Å²) in [7, 11) is 0.331. The van der Waals surface area contributed by atoms with Crippen LogP contribution in [-0.4, -0.2) is 52.3 Å². The van der Waals surface area contributed by atoms with Crippen molar-refractivity contribution in [1.82, 2.24) is 24.6 Å². The molecule has 0 radical (unpaired) electrons. The van der Waals surface area contributed by atoms with Gasteiger partial charge in [-0.2, -0.15) is 5.10 Å². The third-order valence-electron chi connectivity index (χ3n) is 6.06. The van der Waals surface area contributed by atoms with E-state index in [0.29, 0.717) is 23.2 Å². The quantitative estimate of drug-likeness (QED) is 0.766. The van der Waals surface area contributed by atoms with Crippen LogP contribution < -0.4 is 10.9 Å². The number of aryl methyl sites for hydroxylation is 2. The fourth-order valence-corrected chi connectivity index (χ4v) is 5.58. The van der Waals surface area contributed by atoms with Crippen molar-refractivity contribution >= 4 is 21.1 Å². The minimum atomic E-state index is -3.29. The Kier molecular flexibility index (Phi) is 4.47. The van der Waals surface area contributed by atoms with Gasteiger partial charge in [-0.15, -0.1) is 0 Å². The molecule has 1 aliphatic carbocycles. The highest BCUT2D eigenvalue weighted by atomic mass is 32.2. The normalized spacial score (nSPS) is 20.0. The van der Waals surface area contributed by atoms with E-state index < -0.39 is 9.84 Å². The molecule has 0 aromatic carbocycles. The third-order valence-corrected chi connectivity index (χ3v) is 6.90. The fourth-order valence-electron chi connectivity index (χ4n) is 4.78. The summed E-state index contributed by atoms with van der Waals surface area (Å²) in [6.45, 7) is 1.39. The molecule has 0 spiro atoms. The molecule has 0 amide bonds. The van der Waals surface area contributed by atoms with Gasteiger partial charge in [0.15, 0.2) is 9.84 Å². The van der Waals surface area contributed by atoms with Gasteiger partial charge in [-0.25, -0.2) is 8.42 Å². The van der Waals surface area contributed by atoms with E-state index in [-0.39, 0.29) is 17.4 Å². The van der Waals surface area contributed by atoms with Gasteiger partial charge in [-0.1, -0.05) is 0 Å². The van der Waals surface area contributed by atoms with E-state index in [1.807, 2.05) is 31.5 Å². The Morgan fingerprint density at radius 2 is 2.03 bits per heavy atom. The molecule has 0 fully saturated rings. The predicted molar refractivity (Wildman–Crippen MR) is 120 cm³/mol. The number of nitrogens with one attached hydrogen (secondary N) is 1. The van der Waals surface area contributed by atoms with Crippen LogP contribution in [0.25, 0.3) is 11.3 Å². The van der Waals surface area contributed by atoms with E-state index in [2.05, 4.69) is 21.5 Å². The first kappa shape index (κ1) is 19.9. The molecule has 1 N–H and O–H groups in total. The number of hydrogen-bond acceptors (Lipinski definition) is 6. The van der Waals surface area contributed by atoms with E-state index in [1.54, 1.807) is 22.5 Å². The van der Waals surface area contributed by atoms with Gasteiger partial charge in [0.25, 0.3) is 5.56 Å². The molecule has 8 nitrogen and oxygen atoms in total. The Morgan fingerprint density at radius 3 is 2.74 bits per heavy atom. The average Bonchev–Trinajstić information content (AvgIpc) is 3.22. The van der Waals surface area contributed by atoms with Gasteiger partial charge < -0.3 is 14.8 Å². The van der Waals surface area contributed by atoms with Gasteiger partial charge in [0.05, 0.1) is 35.3 Å². The number of aromatic nitrogens is 3. The van der Waals surface area contributed by atoms with Crippen LogP contribution in [0.3, 0.4) is 0 Å². The number of pyridine rings is 1. The Morgan fingerprint density at radius 1 is 1.23 bits per heavy atom. The molecule has 31 heavy (non-hydrogen) atoms. The van der Waals surface area contributed by atoms with Crippen molar-refractivity contribution in [2.45, 2.75) is 19.0 Å². The van der Waals surface area contributed by atoms with E-state index in [1.165, 1.54) is 6.26 Å². The first-order valence-electron chi connectivity index (χ1n) is 10.2. The van der Waals surface area contributed by atoms with Crippen LogP contribution in [0.1, 0.15) is 23.2 Å². The molecule has 0 saturated carbocycles. The average molecular weight is 440 g/mol. The number of fused-ring (bicyclic) bond motifs is 2. The summed E-state index contributed by atoms with van der Waals surface area (Å²) in [6.07, 6.45) is 9.77. The van der Waals surface area contributed by atoms with Crippen LogP contribution in [0.4, 0.5) is 0 Å². The molecule has 162 valence electrons. The number of allylic oxidation sites excluding steroid dienone is 1. The maximum Gasteiger partial charge on any atom is 0.260 e. The zero-order valence-corrected chi connectivity index (χ0v) is 18.6. The zero-order valence-electron chi connectivity index (χ0n) is 17.8. The highest BCUT2D eigenvalue weighted by Gasteiger charge is 2.38. The van der Waals surface area contributed by atoms with Crippen LogP contribution in [0.5, 0.6) is 0 Å². The van der Waals surface area contributed by atoms with Gasteiger partial charge in [0.2, 0.25) is 0 Å². The van der Waals surface area contributed by atoms with Crippen LogP contribution in [0.2, 0.25) is 0 Å². The molecule has 3 aliphatic rings. The number of sulfone groups is 1. The first-order chi connectivity index (χ1) is 14.7. The van der Waals surface area contributed by atoms with Gasteiger partial charge >= 0.3 is 0 Å². The van der Waals surface area contributed by atoms with E-state index in [9.17, 15) is 13.2 Å². The van der Waals surface area contributed by atoms with Gasteiger partial charge in [0.1, 0.15) is 0 Å². The standard InChI is InChI=1S/C22H25N5O3S/c1-25-8-6-17-15(13-31(3,29)30)10-14-11-27(12-16-5-9-26(2)24-16)18-4-7-23-21(19(14)18)20(17)22(25)28/h5-6,8-11,18,23H,4,7,12-13H2,1-3H3. The summed E-state index contributed by atoms with van der Waals surface area (Å²) in [5.74, 6) is -0.115.